The summed E-state index contributed by atoms with van der Waals surface area (Å²) < 4.78 is 38.7. The van der Waals surface area contributed by atoms with Crippen molar-refractivity contribution in [2.24, 2.45) is 4.99 Å². The van der Waals surface area contributed by atoms with Crippen LogP contribution in [0.15, 0.2) is 47.5 Å². The van der Waals surface area contributed by atoms with Crippen LogP contribution in [-0.2, 0) is 6.42 Å². The van der Waals surface area contributed by atoms with Gasteiger partial charge in [-0.05, 0) is 34.7 Å². The summed E-state index contributed by atoms with van der Waals surface area (Å²) >= 11 is 0. The average Bonchev–Trinajstić information content (AvgIpc) is 2.75. The van der Waals surface area contributed by atoms with Gasteiger partial charge in [-0.1, -0.05) is 36.4 Å². The second kappa shape index (κ2) is 4.47. The van der Waals surface area contributed by atoms with Crippen LogP contribution < -0.4 is 0 Å². The molecular weight excluding hydrogens is 263 g/mol. The molecule has 2 aromatic rings. The summed E-state index contributed by atoms with van der Waals surface area (Å²) in [5, 5.41) is 0. The van der Waals surface area contributed by atoms with E-state index in [4.69, 9.17) is 0 Å². The van der Waals surface area contributed by atoms with Gasteiger partial charge < -0.3 is 0 Å². The lowest BCUT2D eigenvalue weighted by molar-refractivity contribution is -0.0581. The highest BCUT2D eigenvalue weighted by Crippen LogP contribution is 2.37. The van der Waals surface area contributed by atoms with Crippen LogP contribution in [0.2, 0.25) is 0 Å². The summed E-state index contributed by atoms with van der Waals surface area (Å²) in [6, 6.07) is 12.7. The fraction of sp³-hybridized carbons (Fsp3) is 0.188. The molecular formula is C16H12F3N. The lowest BCUT2D eigenvalue weighted by Crippen LogP contribution is -2.24. The van der Waals surface area contributed by atoms with Gasteiger partial charge in [-0.25, -0.2) is 0 Å². The third-order valence-corrected chi connectivity index (χ3v) is 3.56. The van der Waals surface area contributed by atoms with E-state index in [1.807, 2.05) is 24.3 Å². The monoisotopic (exact) mass is 275 g/mol. The molecule has 0 saturated carbocycles. The third-order valence-electron chi connectivity index (χ3n) is 3.56. The first kappa shape index (κ1) is 12.9. The van der Waals surface area contributed by atoms with E-state index in [0.717, 1.165) is 22.3 Å². The van der Waals surface area contributed by atoms with Gasteiger partial charge >= 0.3 is 6.18 Å². The molecule has 0 amide bonds. The fourth-order valence-corrected chi connectivity index (χ4v) is 2.71. The molecule has 0 bridgehead atoms. The first-order valence-electron chi connectivity index (χ1n) is 6.26. The van der Waals surface area contributed by atoms with E-state index < -0.39 is 11.9 Å². The number of fused-ring (bicyclic) bond motifs is 3. The Hall–Kier alpha value is -2.10. The SMILES string of the molecule is CN=C(c1ccc2c(c1)Cc1ccccc1-2)C(F)(F)F. The zero-order valence-electron chi connectivity index (χ0n) is 10.8. The maximum atomic E-state index is 12.9. The number of alkyl halides is 3. The Balaban J connectivity index is 2.07. The molecule has 3 rings (SSSR count). The van der Waals surface area contributed by atoms with E-state index in [-0.39, 0.29) is 5.56 Å². The average molecular weight is 275 g/mol. The van der Waals surface area contributed by atoms with Crippen molar-refractivity contribution < 1.29 is 13.2 Å². The van der Waals surface area contributed by atoms with Gasteiger partial charge in [0.2, 0.25) is 0 Å². The van der Waals surface area contributed by atoms with Crippen molar-refractivity contribution in [2.75, 3.05) is 7.05 Å². The number of hydrogen-bond acceptors (Lipinski definition) is 1. The minimum Gasteiger partial charge on any atom is -0.283 e. The Morgan fingerprint density at radius 2 is 1.70 bits per heavy atom. The molecule has 20 heavy (non-hydrogen) atoms. The fourth-order valence-electron chi connectivity index (χ4n) is 2.71. The smallest absolute Gasteiger partial charge is 0.283 e. The molecule has 0 unspecified atom stereocenters. The minimum atomic E-state index is -4.42. The Kier molecular flexibility index (Phi) is 2.89. The van der Waals surface area contributed by atoms with Gasteiger partial charge in [0.1, 0.15) is 5.71 Å². The molecule has 0 atom stereocenters. The normalized spacial score (nSPS) is 14.1. The maximum absolute atomic E-state index is 12.9. The summed E-state index contributed by atoms with van der Waals surface area (Å²) in [4.78, 5) is 3.40. The number of aliphatic imine (C=N–C) groups is 1. The Morgan fingerprint density at radius 1 is 1.00 bits per heavy atom. The van der Waals surface area contributed by atoms with Crippen LogP contribution in [0.5, 0.6) is 0 Å². The highest BCUT2D eigenvalue weighted by atomic mass is 19.4. The first-order valence-corrected chi connectivity index (χ1v) is 6.26. The van der Waals surface area contributed by atoms with Crippen LogP contribution in [0.4, 0.5) is 13.2 Å². The van der Waals surface area contributed by atoms with Crippen molar-refractivity contribution in [3.05, 3.63) is 59.2 Å². The van der Waals surface area contributed by atoms with Gasteiger partial charge in [-0.15, -0.1) is 0 Å². The van der Waals surface area contributed by atoms with Gasteiger partial charge in [0.05, 0.1) is 0 Å². The van der Waals surface area contributed by atoms with Crippen molar-refractivity contribution in [3.63, 3.8) is 0 Å². The molecule has 102 valence electrons. The summed E-state index contributed by atoms with van der Waals surface area (Å²) in [6.07, 6.45) is -3.75. The largest absolute Gasteiger partial charge is 0.433 e. The van der Waals surface area contributed by atoms with E-state index in [2.05, 4.69) is 4.99 Å². The van der Waals surface area contributed by atoms with Gasteiger partial charge in [0.15, 0.2) is 0 Å². The summed E-state index contributed by atoms with van der Waals surface area (Å²) in [5.41, 5.74) is 3.51. The first-order chi connectivity index (χ1) is 9.50. The molecule has 0 aliphatic heterocycles. The highest BCUT2D eigenvalue weighted by molar-refractivity contribution is 6.05. The Labute approximate surface area is 114 Å². The lowest BCUT2D eigenvalue weighted by atomic mass is 10.0. The Bertz CT molecular complexity index is 699. The van der Waals surface area contributed by atoms with Gasteiger partial charge in [0, 0.05) is 12.6 Å². The van der Waals surface area contributed by atoms with Crippen LogP contribution >= 0.6 is 0 Å². The van der Waals surface area contributed by atoms with Crippen molar-refractivity contribution in [1.82, 2.24) is 0 Å². The second-order valence-corrected chi connectivity index (χ2v) is 4.78. The molecule has 1 aliphatic carbocycles. The standard InChI is InChI=1S/C16H12F3N/c1-20-15(16(17,18)19)11-6-7-14-12(9-11)8-10-4-2-3-5-13(10)14/h2-7,9H,8H2,1H3. The van der Waals surface area contributed by atoms with Crippen LogP contribution in [-0.4, -0.2) is 18.9 Å². The summed E-state index contributed by atoms with van der Waals surface area (Å²) in [6.45, 7) is 0. The van der Waals surface area contributed by atoms with Crippen LogP contribution in [0.1, 0.15) is 16.7 Å². The zero-order valence-corrected chi connectivity index (χ0v) is 10.8. The molecule has 1 nitrogen and oxygen atoms in total. The predicted molar refractivity (Wildman–Crippen MR) is 73.2 cm³/mol. The molecule has 0 N–H and O–H groups in total. The van der Waals surface area contributed by atoms with Crippen molar-refractivity contribution in [2.45, 2.75) is 12.6 Å². The van der Waals surface area contributed by atoms with E-state index >= 15 is 0 Å². The molecule has 1 aliphatic rings. The van der Waals surface area contributed by atoms with Crippen molar-refractivity contribution >= 4 is 5.71 Å². The second-order valence-electron chi connectivity index (χ2n) is 4.78. The number of benzene rings is 2. The Morgan fingerprint density at radius 3 is 2.40 bits per heavy atom. The quantitative estimate of drug-likeness (QED) is 0.589. The maximum Gasteiger partial charge on any atom is 0.433 e. The number of rotatable bonds is 1. The zero-order chi connectivity index (χ0) is 14.3. The molecule has 2 aromatic carbocycles. The minimum absolute atomic E-state index is 0.131. The predicted octanol–water partition coefficient (Wildman–Crippen LogP) is 4.24. The summed E-state index contributed by atoms with van der Waals surface area (Å²) in [5.74, 6) is 0. The highest BCUT2D eigenvalue weighted by Gasteiger charge is 2.36. The van der Waals surface area contributed by atoms with Crippen molar-refractivity contribution in [3.8, 4) is 11.1 Å². The van der Waals surface area contributed by atoms with E-state index in [1.54, 1.807) is 12.1 Å². The van der Waals surface area contributed by atoms with Crippen LogP contribution in [0.25, 0.3) is 11.1 Å². The molecule has 0 aromatic heterocycles. The topological polar surface area (TPSA) is 12.4 Å². The lowest BCUT2D eigenvalue weighted by Gasteiger charge is -2.11. The van der Waals surface area contributed by atoms with E-state index in [1.165, 1.54) is 13.1 Å². The summed E-state index contributed by atoms with van der Waals surface area (Å²) in [7, 11) is 1.17. The molecule has 0 spiro atoms. The molecule has 0 saturated heterocycles. The number of hydrogen-bond donors (Lipinski definition) is 0. The van der Waals surface area contributed by atoms with Crippen molar-refractivity contribution in [1.29, 1.82) is 0 Å². The molecule has 0 fully saturated rings. The number of halogens is 3. The van der Waals surface area contributed by atoms with E-state index in [0.29, 0.717) is 6.42 Å². The number of nitrogens with zero attached hydrogens (tertiary/aromatic N) is 1. The molecule has 0 heterocycles. The van der Waals surface area contributed by atoms with Crippen LogP contribution in [0, 0.1) is 0 Å². The molecule has 4 heteroatoms. The van der Waals surface area contributed by atoms with Crippen LogP contribution in [0.3, 0.4) is 0 Å². The van der Waals surface area contributed by atoms with Gasteiger partial charge in [-0.2, -0.15) is 13.2 Å². The molecule has 0 radical (unpaired) electrons. The van der Waals surface area contributed by atoms with E-state index in [9.17, 15) is 13.2 Å². The van der Waals surface area contributed by atoms with Gasteiger partial charge in [0.25, 0.3) is 0 Å². The third kappa shape index (κ3) is 2.01. The van der Waals surface area contributed by atoms with Gasteiger partial charge in [-0.3, -0.25) is 4.99 Å².